The van der Waals surface area contributed by atoms with Crippen molar-refractivity contribution in [2.24, 2.45) is 0 Å². The van der Waals surface area contributed by atoms with Gasteiger partial charge in [0.2, 0.25) is 5.91 Å². The second-order valence-corrected chi connectivity index (χ2v) is 10.9. The lowest BCUT2D eigenvalue weighted by Gasteiger charge is -2.21. The second-order valence-electron chi connectivity index (χ2n) is 10.4. The van der Waals surface area contributed by atoms with Gasteiger partial charge in [-0.3, -0.25) is 9.59 Å². The molecule has 5 aromatic rings. The molecule has 0 spiro atoms. The Labute approximate surface area is 257 Å². The first-order chi connectivity index (χ1) is 21.0. The van der Waals surface area contributed by atoms with E-state index in [1.807, 2.05) is 122 Å². The van der Waals surface area contributed by atoms with Crippen LogP contribution in [0.5, 0.6) is 0 Å². The lowest BCUT2D eigenvalue weighted by atomic mass is 9.94. The average molecular weight is 588 g/mol. The molecule has 0 radical (unpaired) electrons. The molecule has 6 heteroatoms. The second kappa shape index (κ2) is 14.4. The van der Waals surface area contributed by atoms with Crippen LogP contribution in [0.4, 0.5) is 0 Å². The number of hydrogen-bond donors (Lipinski definition) is 2. The van der Waals surface area contributed by atoms with Gasteiger partial charge in [-0.15, -0.1) is 0 Å². The molecular weight excluding hydrogens is 554 g/mol. The Morgan fingerprint density at radius 1 is 0.860 bits per heavy atom. The number of amides is 2. The van der Waals surface area contributed by atoms with E-state index in [9.17, 15) is 9.59 Å². The molecule has 0 aliphatic carbocycles. The first-order valence-corrected chi connectivity index (χ1v) is 14.9. The fraction of sp³-hybridized carbons (Fsp3) is 0.162. The molecule has 1 heterocycles. The highest BCUT2D eigenvalue weighted by Crippen LogP contribution is 2.24. The summed E-state index contributed by atoms with van der Waals surface area (Å²) in [5, 5.41) is 7.85. The predicted molar refractivity (Wildman–Crippen MR) is 176 cm³/mol. The summed E-state index contributed by atoms with van der Waals surface area (Å²) in [6.45, 7) is 2.47. The minimum atomic E-state index is -0.243. The van der Waals surface area contributed by atoms with Crippen LogP contribution in [0, 0.1) is 0 Å². The summed E-state index contributed by atoms with van der Waals surface area (Å²) in [6, 6.07) is 35.0. The van der Waals surface area contributed by atoms with Crippen molar-refractivity contribution >= 4 is 46.5 Å². The SMILES string of the molecule is CCNC(=O)c1ccccc1CCC(NC(=O)Cc1ccccc1)c1cccc(/C=C/c2ccc3ccc(Cl)cc3n2)c1. The van der Waals surface area contributed by atoms with E-state index in [0.717, 1.165) is 38.9 Å². The number of halogens is 1. The Morgan fingerprint density at radius 2 is 1.65 bits per heavy atom. The number of rotatable bonds is 11. The molecule has 0 aliphatic rings. The standard InChI is InChI=1S/C37H34ClN3O2/c1-2-39-37(43)33-14-7-6-12-28(33)18-22-34(41-36(42)24-26-9-4-3-5-10-26)30-13-8-11-27(23-30)15-20-32-21-17-29-16-19-31(38)25-35(29)40-32/h3-17,19-21,23,25,34H,2,18,22,24H2,1H3,(H,39,43)(H,41,42)/b20-15+. The van der Waals surface area contributed by atoms with Crippen LogP contribution in [0.1, 0.15) is 57.7 Å². The van der Waals surface area contributed by atoms with E-state index in [1.165, 1.54) is 0 Å². The molecule has 0 fully saturated rings. The van der Waals surface area contributed by atoms with Gasteiger partial charge in [-0.25, -0.2) is 4.98 Å². The van der Waals surface area contributed by atoms with Gasteiger partial charge in [-0.2, -0.15) is 0 Å². The van der Waals surface area contributed by atoms with Gasteiger partial charge in [0.05, 0.1) is 23.7 Å². The minimum absolute atomic E-state index is 0.0480. The van der Waals surface area contributed by atoms with E-state index >= 15 is 0 Å². The third-order valence-electron chi connectivity index (χ3n) is 7.28. The Kier molecular flexibility index (Phi) is 9.98. The fourth-order valence-electron chi connectivity index (χ4n) is 5.12. The number of pyridine rings is 1. The minimum Gasteiger partial charge on any atom is -0.352 e. The van der Waals surface area contributed by atoms with Gasteiger partial charge in [-0.05, 0) is 78.4 Å². The van der Waals surface area contributed by atoms with E-state index in [-0.39, 0.29) is 17.9 Å². The van der Waals surface area contributed by atoms with Crippen LogP contribution in [0.2, 0.25) is 5.02 Å². The molecule has 216 valence electrons. The maximum atomic E-state index is 13.2. The number of aromatic nitrogens is 1. The maximum absolute atomic E-state index is 13.2. The van der Waals surface area contributed by atoms with Crippen molar-refractivity contribution in [3.8, 4) is 0 Å². The smallest absolute Gasteiger partial charge is 0.251 e. The molecule has 1 aromatic heterocycles. The average Bonchev–Trinajstić information content (AvgIpc) is 3.02. The quantitative estimate of drug-likeness (QED) is 0.165. The van der Waals surface area contributed by atoms with Gasteiger partial charge in [0.15, 0.2) is 0 Å². The number of aryl methyl sites for hydroxylation is 1. The van der Waals surface area contributed by atoms with Gasteiger partial charge in [-0.1, -0.05) is 96.5 Å². The van der Waals surface area contributed by atoms with E-state index < -0.39 is 0 Å². The summed E-state index contributed by atoms with van der Waals surface area (Å²) in [5.74, 6) is -0.132. The van der Waals surface area contributed by atoms with Crippen molar-refractivity contribution in [3.05, 3.63) is 148 Å². The predicted octanol–water partition coefficient (Wildman–Crippen LogP) is 7.84. The summed E-state index contributed by atoms with van der Waals surface area (Å²) < 4.78 is 0. The number of fused-ring (bicyclic) bond motifs is 1. The fourth-order valence-corrected chi connectivity index (χ4v) is 5.29. The van der Waals surface area contributed by atoms with E-state index in [4.69, 9.17) is 16.6 Å². The van der Waals surface area contributed by atoms with Crippen molar-refractivity contribution in [2.45, 2.75) is 32.2 Å². The summed E-state index contributed by atoms with van der Waals surface area (Å²) in [5.41, 5.74) is 6.25. The molecule has 43 heavy (non-hydrogen) atoms. The molecule has 1 atom stereocenters. The summed E-state index contributed by atoms with van der Waals surface area (Å²) >= 11 is 6.17. The molecule has 2 amide bonds. The number of carbonyl (C=O) groups is 2. The lowest BCUT2D eigenvalue weighted by Crippen LogP contribution is -2.30. The number of carbonyl (C=O) groups excluding carboxylic acids is 2. The van der Waals surface area contributed by atoms with Crippen LogP contribution in [0.25, 0.3) is 23.1 Å². The Hall–Kier alpha value is -4.74. The summed E-state index contributed by atoms with van der Waals surface area (Å²) in [7, 11) is 0. The third-order valence-corrected chi connectivity index (χ3v) is 7.51. The zero-order valence-corrected chi connectivity index (χ0v) is 24.9. The number of nitrogens with zero attached hydrogens (tertiary/aromatic N) is 1. The van der Waals surface area contributed by atoms with Crippen LogP contribution in [-0.2, 0) is 17.6 Å². The Balaban J connectivity index is 1.38. The van der Waals surface area contributed by atoms with Crippen molar-refractivity contribution in [2.75, 3.05) is 6.54 Å². The van der Waals surface area contributed by atoms with Crippen molar-refractivity contribution in [3.63, 3.8) is 0 Å². The molecule has 5 rings (SSSR count). The largest absolute Gasteiger partial charge is 0.352 e. The van der Waals surface area contributed by atoms with Gasteiger partial charge >= 0.3 is 0 Å². The van der Waals surface area contributed by atoms with E-state index in [0.29, 0.717) is 36.4 Å². The van der Waals surface area contributed by atoms with Crippen molar-refractivity contribution < 1.29 is 9.59 Å². The number of nitrogens with one attached hydrogen (secondary N) is 2. The summed E-state index contributed by atoms with van der Waals surface area (Å²) in [6.07, 6.45) is 5.56. The molecule has 1 unspecified atom stereocenters. The highest BCUT2D eigenvalue weighted by Gasteiger charge is 2.18. The monoisotopic (exact) mass is 587 g/mol. The molecular formula is C37H34ClN3O2. The molecule has 0 bridgehead atoms. The number of benzene rings is 4. The molecule has 5 nitrogen and oxygen atoms in total. The van der Waals surface area contributed by atoms with Crippen LogP contribution in [-0.4, -0.2) is 23.3 Å². The summed E-state index contributed by atoms with van der Waals surface area (Å²) in [4.78, 5) is 30.6. The van der Waals surface area contributed by atoms with Crippen LogP contribution in [0.3, 0.4) is 0 Å². The highest BCUT2D eigenvalue weighted by atomic mass is 35.5. The first kappa shape index (κ1) is 29.7. The topological polar surface area (TPSA) is 71.1 Å². The molecule has 2 N–H and O–H groups in total. The normalized spacial score (nSPS) is 11.9. The molecule has 4 aromatic carbocycles. The first-order valence-electron chi connectivity index (χ1n) is 14.5. The van der Waals surface area contributed by atoms with Crippen LogP contribution in [0.15, 0.2) is 109 Å². The molecule has 0 aliphatic heterocycles. The highest BCUT2D eigenvalue weighted by molar-refractivity contribution is 6.31. The number of hydrogen-bond acceptors (Lipinski definition) is 3. The maximum Gasteiger partial charge on any atom is 0.251 e. The lowest BCUT2D eigenvalue weighted by molar-refractivity contribution is -0.121. The van der Waals surface area contributed by atoms with E-state index in [1.54, 1.807) is 0 Å². The zero-order chi connectivity index (χ0) is 30.0. The van der Waals surface area contributed by atoms with Crippen LogP contribution < -0.4 is 10.6 Å². The Bertz CT molecular complexity index is 1750. The zero-order valence-electron chi connectivity index (χ0n) is 24.1. The van der Waals surface area contributed by atoms with Crippen LogP contribution >= 0.6 is 11.6 Å². The van der Waals surface area contributed by atoms with E-state index in [2.05, 4.69) is 16.7 Å². The van der Waals surface area contributed by atoms with Gasteiger partial charge in [0.25, 0.3) is 5.91 Å². The van der Waals surface area contributed by atoms with Gasteiger partial charge < -0.3 is 10.6 Å². The molecule has 0 saturated carbocycles. The third kappa shape index (κ3) is 8.18. The van der Waals surface area contributed by atoms with Crippen molar-refractivity contribution in [1.82, 2.24) is 15.6 Å². The molecule has 0 saturated heterocycles. The van der Waals surface area contributed by atoms with Gasteiger partial charge in [0.1, 0.15) is 0 Å². The van der Waals surface area contributed by atoms with Gasteiger partial charge in [0, 0.05) is 22.5 Å². The Morgan fingerprint density at radius 3 is 2.49 bits per heavy atom. The van der Waals surface area contributed by atoms with Crippen molar-refractivity contribution in [1.29, 1.82) is 0 Å².